The van der Waals surface area contributed by atoms with Gasteiger partial charge in [-0.25, -0.2) is 0 Å². The number of methoxy groups -OCH3 is 2. The number of Topliss-reactive ketones (excluding diaryl/α,β-unsaturated/α-hetero) is 1. The molecule has 0 aliphatic heterocycles. The van der Waals surface area contributed by atoms with E-state index in [4.69, 9.17) is 9.47 Å². The minimum atomic E-state index is 0.144. The highest BCUT2D eigenvalue weighted by molar-refractivity contribution is 5.83. The largest absolute Gasteiger partial charge is 0.493 e. The van der Waals surface area contributed by atoms with Crippen molar-refractivity contribution >= 4 is 5.78 Å². The van der Waals surface area contributed by atoms with Crippen molar-refractivity contribution in [2.75, 3.05) is 14.2 Å². The van der Waals surface area contributed by atoms with Crippen LogP contribution in [0.15, 0.2) is 24.3 Å². The summed E-state index contributed by atoms with van der Waals surface area (Å²) < 4.78 is 12.2. The summed E-state index contributed by atoms with van der Waals surface area (Å²) in [5, 5.41) is 4.25. The van der Waals surface area contributed by atoms with Gasteiger partial charge in [0.1, 0.15) is 5.78 Å². The van der Waals surface area contributed by atoms with Crippen molar-refractivity contribution in [3.8, 4) is 11.5 Å². The van der Waals surface area contributed by atoms with E-state index in [2.05, 4.69) is 5.10 Å². The van der Waals surface area contributed by atoms with Gasteiger partial charge in [-0.1, -0.05) is 6.07 Å². The zero-order valence-electron chi connectivity index (χ0n) is 12.8. The van der Waals surface area contributed by atoms with E-state index in [0.717, 1.165) is 17.0 Å². The van der Waals surface area contributed by atoms with Crippen LogP contribution < -0.4 is 9.47 Å². The molecule has 0 radical (unpaired) electrons. The molecule has 0 spiro atoms. The molecule has 0 aliphatic rings. The molecule has 5 nitrogen and oxygen atoms in total. The van der Waals surface area contributed by atoms with E-state index in [1.165, 1.54) is 0 Å². The number of hydrogen-bond donors (Lipinski definition) is 0. The summed E-state index contributed by atoms with van der Waals surface area (Å²) >= 11 is 0. The second-order valence-corrected chi connectivity index (χ2v) is 4.98. The topological polar surface area (TPSA) is 53.3 Å². The molecular formula is C16H20N2O3. The average Bonchev–Trinajstić information content (AvgIpc) is 2.76. The van der Waals surface area contributed by atoms with Crippen LogP contribution in [0.2, 0.25) is 0 Å². The highest BCUT2D eigenvalue weighted by atomic mass is 16.5. The van der Waals surface area contributed by atoms with Gasteiger partial charge >= 0.3 is 0 Å². The average molecular weight is 288 g/mol. The molecule has 112 valence electrons. The smallest absolute Gasteiger partial charge is 0.161 e. The Kier molecular flexibility index (Phi) is 4.62. The molecular weight excluding hydrogens is 268 g/mol. The predicted octanol–water partition coefficient (Wildman–Crippen LogP) is 2.10. The van der Waals surface area contributed by atoms with Crippen LogP contribution in [0.25, 0.3) is 0 Å². The van der Waals surface area contributed by atoms with E-state index in [0.29, 0.717) is 24.3 Å². The van der Waals surface area contributed by atoms with Crippen LogP contribution in [0, 0.1) is 6.92 Å². The van der Waals surface area contributed by atoms with E-state index in [1.54, 1.807) is 18.9 Å². The summed E-state index contributed by atoms with van der Waals surface area (Å²) in [4.78, 5) is 12.2. The van der Waals surface area contributed by atoms with Crippen LogP contribution >= 0.6 is 0 Å². The van der Waals surface area contributed by atoms with Gasteiger partial charge in [-0.2, -0.15) is 5.10 Å². The van der Waals surface area contributed by atoms with Gasteiger partial charge < -0.3 is 9.47 Å². The highest BCUT2D eigenvalue weighted by Gasteiger charge is 2.11. The van der Waals surface area contributed by atoms with Gasteiger partial charge in [0.15, 0.2) is 11.5 Å². The number of carbonyl (C=O) groups is 1. The molecule has 0 unspecified atom stereocenters. The number of carbonyl (C=O) groups excluding carboxylic acids is 1. The minimum Gasteiger partial charge on any atom is -0.493 e. The maximum atomic E-state index is 12.2. The van der Waals surface area contributed by atoms with Crippen LogP contribution in [-0.4, -0.2) is 29.8 Å². The molecule has 0 aliphatic carbocycles. The van der Waals surface area contributed by atoms with Gasteiger partial charge in [0.25, 0.3) is 0 Å². The van der Waals surface area contributed by atoms with Gasteiger partial charge in [0, 0.05) is 25.6 Å². The quantitative estimate of drug-likeness (QED) is 0.817. The highest BCUT2D eigenvalue weighted by Crippen LogP contribution is 2.27. The normalized spacial score (nSPS) is 10.5. The Morgan fingerprint density at radius 3 is 2.43 bits per heavy atom. The molecule has 0 saturated heterocycles. The summed E-state index contributed by atoms with van der Waals surface area (Å²) in [5.41, 5.74) is 2.76. The van der Waals surface area contributed by atoms with Crippen LogP contribution in [-0.2, 0) is 24.7 Å². The standard InChI is InChI=1S/C16H20N2O3/c1-11-7-13(18(2)17-11)10-14(19)8-12-5-6-15(20-3)16(9-12)21-4/h5-7,9H,8,10H2,1-4H3. The lowest BCUT2D eigenvalue weighted by molar-refractivity contribution is -0.117. The van der Waals surface area contributed by atoms with E-state index >= 15 is 0 Å². The number of rotatable bonds is 6. The first-order chi connectivity index (χ1) is 10.0. The van der Waals surface area contributed by atoms with Crippen LogP contribution in [0.1, 0.15) is 17.0 Å². The monoisotopic (exact) mass is 288 g/mol. The lowest BCUT2D eigenvalue weighted by atomic mass is 10.0. The Hall–Kier alpha value is -2.30. The van der Waals surface area contributed by atoms with Crippen molar-refractivity contribution in [2.45, 2.75) is 19.8 Å². The van der Waals surface area contributed by atoms with Crippen LogP contribution in [0.4, 0.5) is 0 Å². The number of benzene rings is 1. The molecule has 1 aromatic carbocycles. The summed E-state index contributed by atoms with van der Waals surface area (Å²) in [7, 11) is 5.03. The fourth-order valence-electron chi connectivity index (χ4n) is 2.31. The third-order valence-corrected chi connectivity index (χ3v) is 3.33. The molecule has 0 saturated carbocycles. The fourth-order valence-corrected chi connectivity index (χ4v) is 2.31. The maximum Gasteiger partial charge on any atom is 0.161 e. The zero-order valence-corrected chi connectivity index (χ0v) is 12.8. The molecule has 21 heavy (non-hydrogen) atoms. The summed E-state index contributed by atoms with van der Waals surface area (Å²) in [6, 6.07) is 7.47. The summed E-state index contributed by atoms with van der Waals surface area (Å²) in [6.45, 7) is 1.92. The molecule has 2 aromatic rings. The Morgan fingerprint density at radius 1 is 1.14 bits per heavy atom. The molecule has 5 heteroatoms. The Balaban J connectivity index is 2.07. The molecule has 0 bridgehead atoms. The molecule has 0 amide bonds. The van der Waals surface area contributed by atoms with Gasteiger partial charge in [0.05, 0.1) is 19.9 Å². The molecule has 1 aromatic heterocycles. The summed E-state index contributed by atoms with van der Waals surface area (Å²) in [5.74, 6) is 1.44. The van der Waals surface area contributed by atoms with E-state index in [9.17, 15) is 4.79 Å². The van der Waals surface area contributed by atoms with Crippen molar-refractivity contribution in [1.29, 1.82) is 0 Å². The van der Waals surface area contributed by atoms with Crippen molar-refractivity contribution < 1.29 is 14.3 Å². The van der Waals surface area contributed by atoms with E-state index < -0.39 is 0 Å². The number of aromatic nitrogens is 2. The van der Waals surface area contributed by atoms with Gasteiger partial charge in [-0.3, -0.25) is 9.48 Å². The maximum absolute atomic E-state index is 12.2. The number of ketones is 1. The lowest BCUT2D eigenvalue weighted by Crippen LogP contribution is -2.10. The molecule has 0 N–H and O–H groups in total. The first-order valence-corrected chi connectivity index (χ1v) is 6.75. The van der Waals surface area contributed by atoms with Crippen molar-refractivity contribution in [2.24, 2.45) is 7.05 Å². The van der Waals surface area contributed by atoms with Crippen molar-refractivity contribution in [3.63, 3.8) is 0 Å². The van der Waals surface area contributed by atoms with Crippen molar-refractivity contribution in [1.82, 2.24) is 9.78 Å². The Labute approximate surface area is 124 Å². The van der Waals surface area contributed by atoms with Crippen molar-refractivity contribution in [3.05, 3.63) is 41.2 Å². The van der Waals surface area contributed by atoms with Crippen LogP contribution in [0.3, 0.4) is 0 Å². The molecule has 2 rings (SSSR count). The Morgan fingerprint density at radius 2 is 1.86 bits per heavy atom. The van der Waals surface area contributed by atoms with E-state index in [-0.39, 0.29) is 5.78 Å². The summed E-state index contributed by atoms with van der Waals surface area (Å²) in [6.07, 6.45) is 0.746. The second-order valence-electron chi connectivity index (χ2n) is 4.98. The minimum absolute atomic E-state index is 0.144. The first kappa shape index (κ1) is 15.1. The molecule has 1 heterocycles. The van der Waals surface area contributed by atoms with E-state index in [1.807, 2.05) is 38.2 Å². The first-order valence-electron chi connectivity index (χ1n) is 6.75. The lowest BCUT2D eigenvalue weighted by Gasteiger charge is -2.09. The SMILES string of the molecule is COc1ccc(CC(=O)Cc2cc(C)nn2C)cc1OC. The predicted molar refractivity (Wildman–Crippen MR) is 79.9 cm³/mol. The van der Waals surface area contributed by atoms with Gasteiger partial charge in [-0.05, 0) is 30.7 Å². The third-order valence-electron chi connectivity index (χ3n) is 3.33. The molecule has 0 fully saturated rings. The number of nitrogens with zero attached hydrogens (tertiary/aromatic N) is 2. The zero-order chi connectivity index (χ0) is 15.4. The number of hydrogen-bond acceptors (Lipinski definition) is 4. The Bertz CT molecular complexity index is 647. The number of ether oxygens (including phenoxy) is 2. The third kappa shape index (κ3) is 3.62. The molecule has 0 atom stereocenters. The van der Waals surface area contributed by atoms with Gasteiger partial charge in [0.2, 0.25) is 0 Å². The fraction of sp³-hybridized carbons (Fsp3) is 0.375. The van der Waals surface area contributed by atoms with Gasteiger partial charge in [-0.15, -0.1) is 0 Å². The number of aryl methyl sites for hydroxylation is 2. The van der Waals surface area contributed by atoms with Crippen LogP contribution in [0.5, 0.6) is 11.5 Å². The second kappa shape index (κ2) is 6.43.